The van der Waals surface area contributed by atoms with Crippen LogP contribution in [-0.4, -0.2) is 28.1 Å². The molecule has 0 atom stereocenters. The molecule has 0 spiro atoms. The molecule has 0 saturated heterocycles. The van der Waals surface area contributed by atoms with Crippen LogP contribution in [0.15, 0.2) is 65.2 Å². The molecule has 2 aromatic heterocycles. The van der Waals surface area contributed by atoms with Crippen LogP contribution >= 0.6 is 23.2 Å². The van der Waals surface area contributed by atoms with E-state index in [0.29, 0.717) is 39.3 Å². The van der Waals surface area contributed by atoms with Crippen molar-refractivity contribution in [3.8, 4) is 28.6 Å². The second kappa shape index (κ2) is 8.52. The first-order chi connectivity index (χ1) is 14.5. The van der Waals surface area contributed by atoms with Gasteiger partial charge in [0.15, 0.2) is 0 Å². The van der Waals surface area contributed by atoms with Gasteiger partial charge in [-0.25, -0.2) is 4.98 Å². The fourth-order valence-electron chi connectivity index (χ4n) is 2.76. The van der Waals surface area contributed by atoms with Crippen LogP contribution in [-0.2, 0) is 0 Å². The molecular formula is C21H14Cl2N4O3. The number of pyridine rings is 1. The molecule has 0 saturated carbocycles. The van der Waals surface area contributed by atoms with Crippen molar-refractivity contribution in [2.75, 3.05) is 12.4 Å². The highest BCUT2D eigenvalue weighted by molar-refractivity contribution is 6.33. The standard InChI is InChI=1S/C21H14Cl2N4O3/c1-29-17-11-12(24-20(28)16-7-4-8-18(23)25-16)9-10-14(17)19-26-21(30-27-19)13-5-2-3-6-15(13)22/h2-11H,1H3,(H,24,28). The van der Waals surface area contributed by atoms with Gasteiger partial charge in [-0.15, -0.1) is 0 Å². The lowest BCUT2D eigenvalue weighted by Crippen LogP contribution is -2.13. The fourth-order valence-corrected chi connectivity index (χ4v) is 3.14. The van der Waals surface area contributed by atoms with E-state index in [1.807, 2.05) is 12.1 Å². The van der Waals surface area contributed by atoms with Crippen LogP contribution in [0.25, 0.3) is 22.8 Å². The van der Waals surface area contributed by atoms with E-state index in [9.17, 15) is 4.79 Å². The first-order valence-electron chi connectivity index (χ1n) is 8.76. The number of nitrogens with zero attached hydrogens (tertiary/aromatic N) is 3. The number of anilines is 1. The topological polar surface area (TPSA) is 90.1 Å². The van der Waals surface area contributed by atoms with E-state index in [2.05, 4.69) is 20.4 Å². The largest absolute Gasteiger partial charge is 0.496 e. The summed E-state index contributed by atoms with van der Waals surface area (Å²) < 4.78 is 10.8. The van der Waals surface area contributed by atoms with Crippen molar-refractivity contribution >= 4 is 34.8 Å². The Bertz CT molecular complexity index is 1230. The van der Waals surface area contributed by atoms with E-state index in [-0.39, 0.29) is 10.8 Å². The summed E-state index contributed by atoms with van der Waals surface area (Å²) in [5.41, 5.74) is 1.94. The van der Waals surface area contributed by atoms with Crippen LogP contribution in [0, 0.1) is 0 Å². The van der Waals surface area contributed by atoms with Gasteiger partial charge in [-0.2, -0.15) is 4.98 Å². The highest BCUT2D eigenvalue weighted by Gasteiger charge is 2.17. The van der Waals surface area contributed by atoms with Crippen LogP contribution in [0.4, 0.5) is 5.69 Å². The summed E-state index contributed by atoms with van der Waals surface area (Å²) in [6.07, 6.45) is 0. The number of ether oxygens (including phenoxy) is 1. The van der Waals surface area contributed by atoms with Crippen molar-refractivity contribution in [3.63, 3.8) is 0 Å². The normalized spacial score (nSPS) is 10.6. The van der Waals surface area contributed by atoms with Crippen molar-refractivity contribution in [2.45, 2.75) is 0 Å². The summed E-state index contributed by atoms with van der Waals surface area (Å²) in [5.74, 6) is 0.685. The van der Waals surface area contributed by atoms with Crippen molar-refractivity contribution in [2.24, 2.45) is 0 Å². The molecule has 1 amide bonds. The first-order valence-corrected chi connectivity index (χ1v) is 9.51. The number of methoxy groups -OCH3 is 1. The Kier molecular flexibility index (Phi) is 5.65. The minimum atomic E-state index is -0.395. The Morgan fingerprint density at radius 3 is 2.60 bits per heavy atom. The zero-order valence-corrected chi connectivity index (χ0v) is 17.1. The third-order valence-electron chi connectivity index (χ3n) is 4.18. The highest BCUT2D eigenvalue weighted by atomic mass is 35.5. The van der Waals surface area contributed by atoms with Crippen LogP contribution in [0.2, 0.25) is 10.2 Å². The lowest BCUT2D eigenvalue weighted by molar-refractivity contribution is 0.102. The zero-order chi connectivity index (χ0) is 21.1. The number of hydrogen-bond acceptors (Lipinski definition) is 6. The molecule has 2 aromatic carbocycles. The number of hydrogen-bond donors (Lipinski definition) is 1. The van der Waals surface area contributed by atoms with Gasteiger partial charge in [-0.05, 0) is 36.4 Å². The molecule has 0 bridgehead atoms. The fraction of sp³-hybridized carbons (Fsp3) is 0.0476. The Labute approximate surface area is 181 Å². The number of rotatable bonds is 5. The number of carbonyl (C=O) groups is 1. The van der Waals surface area contributed by atoms with E-state index < -0.39 is 5.91 Å². The Morgan fingerprint density at radius 2 is 1.83 bits per heavy atom. The van der Waals surface area contributed by atoms with Crippen molar-refractivity contribution < 1.29 is 14.1 Å². The molecule has 7 nitrogen and oxygen atoms in total. The van der Waals surface area contributed by atoms with Crippen molar-refractivity contribution in [1.29, 1.82) is 0 Å². The van der Waals surface area contributed by atoms with Gasteiger partial charge in [0.25, 0.3) is 11.8 Å². The molecular weight excluding hydrogens is 427 g/mol. The van der Waals surface area contributed by atoms with E-state index >= 15 is 0 Å². The lowest BCUT2D eigenvalue weighted by Gasteiger charge is -2.09. The molecule has 4 aromatic rings. The van der Waals surface area contributed by atoms with E-state index in [1.54, 1.807) is 48.5 Å². The van der Waals surface area contributed by atoms with Crippen molar-refractivity contribution in [1.82, 2.24) is 15.1 Å². The smallest absolute Gasteiger partial charge is 0.274 e. The van der Waals surface area contributed by atoms with E-state index in [0.717, 1.165) is 0 Å². The van der Waals surface area contributed by atoms with Crippen LogP contribution in [0.3, 0.4) is 0 Å². The molecule has 9 heteroatoms. The summed E-state index contributed by atoms with van der Waals surface area (Å²) in [6, 6.07) is 17.1. The van der Waals surface area contributed by atoms with Gasteiger partial charge < -0.3 is 14.6 Å². The lowest BCUT2D eigenvalue weighted by atomic mass is 10.1. The van der Waals surface area contributed by atoms with Crippen LogP contribution in [0.5, 0.6) is 5.75 Å². The van der Waals surface area contributed by atoms with Gasteiger partial charge in [-0.3, -0.25) is 4.79 Å². The summed E-state index contributed by atoms with van der Waals surface area (Å²) in [6.45, 7) is 0. The molecule has 2 heterocycles. The number of benzene rings is 2. The molecule has 0 aliphatic rings. The molecule has 0 radical (unpaired) electrons. The van der Waals surface area contributed by atoms with Gasteiger partial charge in [0.2, 0.25) is 5.82 Å². The maximum atomic E-state index is 12.4. The molecule has 150 valence electrons. The SMILES string of the molecule is COc1cc(NC(=O)c2cccc(Cl)n2)ccc1-c1noc(-c2ccccc2Cl)n1. The maximum Gasteiger partial charge on any atom is 0.274 e. The third-order valence-corrected chi connectivity index (χ3v) is 4.72. The summed E-state index contributed by atoms with van der Waals surface area (Å²) in [4.78, 5) is 20.8. The van der Waals surface area contributed by atoms with Gasteiger partial charge in [0.05, 0.1) is 23.3 Å². The zero-order valence-electron chi connectivity index (χ0n) is 15.6. The highest BCUT2D eigenvalue weighted by Crippen LogP contribution is 2.33. The summed E-state index contributed by atoms with van der Waals surface area (Å²) in [7, 11) is 1.51. The minimum Gasteiger partial charge on any atom is -0.496 e. The predicted octanol–water partition coefficient (Wildman–Crippen LogP) is 5.37. The first kappa shape index (κ1) is 19.9. The Balaban J connectivity index is 1.60. The predicted molar refractivity (Wildman–Crippen MR) is 114 cm³/mol. The Morgan fingerprint density at radius 1 is 1.00 bits per heavy atom. The molecule has 0 aliphatic carbocycles. The number of nitrogens with one attached hydrogen (secondary N) is 1. The van der Waals surface area contributed by atoms with Crippen LogP contribution < -0.4 is 10.1 Å². The average molecular weight is 441 g/mol. The molecule has 1 N–H and O–H groups in total. The number of aromatic nitrogens is 3. The molecule has 30 heavy (non-hydrogen) atoms. The van der Waals surface area contributed by atoms with Gasteiger partial charge in [0.1, 0.15) is 16.6 Å². The van der Waals surface area contributed by atoms with Gasteiger partial charge >= 0.3 is 0 Å². The molecule has 0 fully saturated rings. The second-order valence-electron chi connectivity index (χ2n) is 6.12. The quantitative estimate of drug-likeness (QED) is 0.419. The monoisotopic (exact) mass is 440 g/mol. The third kappa shape index (κ3) is 4.12. The molecule has 0 aliphatic heterocycles. The van der Waals surface area contributed by atoms with Crippen LogP contribution in [0.1, 0.15) is 10.5 Å². The van der Waals surface area contributed by atoms with Gasteiger partial charge in [0, 0.05) is 11.8 Å². The maximum absolute atomic E-state index is 12.4. The molecule has 0 unspecified atom stereocenters. The van der Waals surface area contributed by atoms with E-state index in [4.69, 9.17) is 32.5 Å². The van der Waals surface area contributed by atoms with Gasteiger partial charge in [-0.1, -0.05) is 46.6 Å². The summed E-state index contributed by atoms with van der Waals surface area (Å²) in [5, 5.41) is 7.52. The van der Waals surface area contributed by atoms with E-state index in [1.165, 1.54) is 7.11 Å². The Hall–Kier alpha value is -3.42. The van der Waals surface area contributed by atoms with Crippen molar-refractivity contribution in [3.05, 3.63) is 76.5 Å². The number of amides is 1. The number of halogens is 2. The average Bonchev–Trinajstić information content (AvgIpc) is 3.23. The molecule has 4 rings (SSSR count). The second-order valence-corrected chi connectivity index (χ2v) is 6.91. The number of carbonyl (C=O) groups excluding carboxylic acids is 1. The minimum absolute atomic E-state index is 0.202. The summed E-state index contributed by atoms with van der Waals surface area (Å²) >= 11 is 12.0.